The van der Waals surface area contributed by atoms with Gasteiger partial charge in [-0.25, -0.2) is 0 Å². The second-order valence-electron chi connectivity index (χ2n) is 3.21. The van der Waals surface area contributed by atoms with Crippen LogP contribution < -0.4 is 10.5 Å². The summed E-state index contributed by atoms with van der Waals surface area (Å²) in [6.45, 7) is 1.88. The molecule has 0 aromatic heterocycles. The Balaban J connectivity index is 0.000000980. The third-order valence-electron chi connectivity index (χ3n) is 2.16. The maximum absolute atomic E-state index is 11.1. The molecule has 3 nitrogen and oxygen atoms in total. The van der Waals surface area contributed by atoms with Crippen LogP contribution in [0.3, 0.4) is 0 Å². The van der Waals surface area contributed by atoms with Crippen LogP contribution in [0.25, 0.3) is 0 Å². The summed E-state index contributed by atoms with van der Waals surface area (Å²) >= 11 is 0. The van der Waals surface area contributed by atoms with E-state index >= 15 is 0 Å². The van der Waals surface area contributed by atoms with E-state index in [0.717, 1.165) is 11.1 Å². The van der Waals surface area contributed by atoms with Crippen molar-refractivity contribution in [1.82, 2.24) is 0 Å². The van der Waals surface area contributed by atoms with Crippen LogP contribution in [0.2, 0.25) is 0 Å². The molecule has 1 aromatic rings. The molecule has 1 aliphatic heterocycles. The average Bonchev–Trinajstić information content (AvgIpc) is 2.07. The maximum Gasteiger partial charge on any atom is 3.00 e. The Bertz CT molecular complexity index is 365. The molecule has 0 amide bonds. The molecule has 0 saturated heterocycles. The van der Waals surface area contributed by atoms with Gasteiger partial charge in [-0.1, -0.05) is 12.5 Å². The SMILES string of the molecule is Cc1c[c-]cc2c1OC(=O)CC2N.[Y+3]. The normalized spacial score (nSPS) is 19.3. The first-order chi connectivity index (χ1) is 6.18. The van der Waals surface area contributed by atoms with E-state index in [1.165, 1.54) is 0 Å². The summed E-state index contributed by atoms with van der Waals surface area (Å²) in [5.41, 5.74) is 7.56. The Labute approximate surface area is 108 Å². The van der Waals surface area contributed by atoms with Gasteiger partial charge in [0.2, 0.25) is 0 Å². The zero-order valence-corrected chi connectivity index (χ0v) is 10.7. The Morgan fingerprint density at radius 3 is 3.00 bits per heavy atom. The molecule has 1 atom stereocenters. The second kappa shape index (κ2) is 4.52. The summed E-state index contributed by atoms with van der Waals surface area (Å²) in [7, 11) is 0. The number of rotatable bonds is 0. The fourth-order valence-electron chi connectivity index (χ4n) is 1.48. The fourth-order valence-corrected chi connectivity index (χ4v) is 1.48. The Morgan fingerprint density at radius 1 is 1.57 bits per heavy atom. The predicted molar refractivity (Wildman–Crippen MR) is 47.2 cm³/mol. The van der Waals surface area contributed by atoms with Gasteiger partial charge in [-0.15, -0.1) is 5.56 Å². The van der Waals surface area contributed by atoms with E-state index < -0.39 is 0 Å². The summed E-state index contributed by atoms with van der Waals surface area (Å²) in [6.07, 6.45) is 0.254. The van der Waals surface area contributed by atoms with Crippen molar-refractivity contribution in [1.29, 1.82) is 0 Å². The van der Waals surface area contributed by atoms with Gasteiger partial charge < -0.3 is 10.5 Å². The molecule has 0 bridgehead atoms. The van der Waals surface area contributed by atoms with Crippen LogP contribution >= 0.6 is 0 Å². The van der Waals surface area contributed by atoms with Gasteiger partial charge >= 0.3 is 38.7 Å². The fraction of sp³-hybridized carbons (Fsp3) is 0.300. The first-order valence-electron chi connectivity index (χ1n) is 4.15. The van der Waals surface area contributed by atoms with Crippen molar-refractivity contribution in [2.24, 2.45) is 5.73 Å². The molecule has 4 heteroatoms. The number of ether oxygens (including phenoxy) is 1. The molecule has 14 heavy (non-hydrogen) atoms. The Morgan fingerprint density at radius 2 is 2.29 bits per heavy atom. The number of hydrogen-bond donors (Lipinski definition) is 1. The van der Waals surface area contributed by atoms with Crippen LogP contribution in [-0.4, -0.2) is 5.97 Å². The number of hydrogen-bond acceptors (Lipinski definition) is 3. The molecule has 0 saturated carbocycles. The van der Waals surface area contributed by atoms with E-state index in [0.29, 0.717) is 5.75 Å². The summed E-state index contributed by atoms with van der Waals surface area (Å²) < 4.78 is 5.09. The molecule has 0 spiro atoms. The van der Waals surface area contributed by atoms with E-state index in [1.807, 2.05) is 6.92 Å². The van der Waals surface area contributed by atoms with Gasteiger partial charge in [-0.05, 0) is 6.04 Å². The van der Waals surface area contributed by atoms with Gasteiger partial charge in [-0.2, -0.15) is 18.2 Å². The third kappa shape index (κ3) is 2.05. The van der Waals surface area contributed by atoms with Gasteiger partial charge in [0.05, 0.1) is 6.42 Å². The van der Waals surface area contributed by atoms with Gasteiger partial charge in [0.1, 0.15) is 0 Å². The minimum Gasteiger partial charge on any atom is -0.453 e. The molecule has 1 unspecified atom stereocenters. The maximum atomic E-state index is 11.1. The van der Waals surface area contributed by atoms with E-state index in [1.54, 1.807) is 12.1 Å². The third-order valence-corrected chi connectivity index (χ3v) is 2.16. The second-order valence-corrected chi connectivity index (χ2v) is 3.21. The Hall–Kier alpha value is -0.246. The van der Waals surface area contributed by atoms with Crippen molar-refractivity contribution in [2.45, 2.75) is 19.4 Å². The van der Waals surface area contributed by atoms with Crippen LogP contribution in [-0.2, 0) is 37.5 Å². The average molecular weight is 265 g/mol. The topological polar surface area (TPSA) is 52.3 Å². The van der Waals surface area contributed by atoms with Crippen LogP contribution in [0.1, 0.15) is 23.6 Å². The standard InChI is InChI=1S/C10H10NO2.Y/c1-6-3-2-4-7-8(11)5-9(12)13-10(6)7;/h3-4,8H,5,11H2,1H3;/q-1;+3. The van der Waals surface area contributed by atoms with Gasteiger partial charge in [0.25, 0.3) is 0 Å². The molecule has 2 N–H and O–H groups in total. The zero-order valence-electron chi connectivity index (χ0n) is 7.91. The van der Waals surface area contributed by atoms with Crippen LogP contribution in [0.5, 0.6) is 5.75 Å². The van der Waals surface area contributed by atoms with Crippen molar-refractivity contribution < 1.29 is 42.2 Å². The minimum atomic E-state index is -0.255. The van der Waals surface area contributed by atoms with Gasteiger partial charge in [0.15, 0.2) is 0 Å². The number of esters is 1. The summed E-state index contributed by atoms with van der Waals surface area (Å²) in [6, 6.07) is 6.28. The van der Waals surface area contributed by atoms with E-state index in [9.17, 15) is 4.79 Å². The Kier molecular flexibility index (Phi) is 3.81. The summed E-state index contributed by atoms with van der Waals surface area (Å²) in [4.78, 5) is 11.1. The zero-order chi connectivity index (χ0) is 9.42. The van der Waals surface area contributed by atoms with Crippen molar-refractivity contribution in [3.63, 3.8) is 0 Å². The molecule has 0 fully saturated rings. The molecule has 68 valence electrons. The number of fused-ring (bicyclic) bond motifs is 1. The van der Waals surface area contributed by atoms with Crippen LogP contribution in [0.4, 0.5) is 0 Å². The number of nitrogens with two attached hydrogens (primary N) is 1. The van der Waals surface area contributed by atoms with Crippen molar-refractivity contribution in [3.05, 3.63) is 29.3 Å². The smallest absolute Gasteiger partial charge is 0.453 e. The van der Waals surface area contributed by atoms with Crippen molar-refractivity contribution in [3.8, 4) is 5.75 Å². The molecular weight excluding hydrogens is 255 g/mol. The molecule has 1 aromatic carbocycles. The molecular formula is C10H10NO2Y+2. The summed E-state index contributed by atoms with van der Waals surface area (Å²) in [5.74, 6) is 0.358. The molecule has 1 heterocycles. The largest absolute Gasteiger partial charge is 3.00 e. The monoisotopic (exact) mass is 265 g/mol. The van der Waals surface area contributed by atoms with E-state index in [-0.39, 0.29) is 51.1 Å². The summed E-state index contributed by atoms with van der Waals surface area (Å²) in [5, 5.41) is 0. The quantitative estimate of drug-likeness (QED) is 0.434. The minimum absolute atomic E-state index is 0. The molecule has 0 aliphatic carbocycles. The first-order valence-corrected chi connectivity index (χ1v) is 4.15. The number of benzene rings is 1. The van der Waals surface area contributed by atoms with E-state index in [2.05, 4.69) is 6.07 Å². The van der Waals surface area contributed by atoms with Crippen LogP contribution in [0, 0.1) is 13.0 Å². The van der Waals surface area contributed by atoms with Crippen LogP contribution in [0.15, 0.2) is 12.1 Å². The molecule has 2 rings (SSSR count). The first kappa shape index (κ1) is 11.8. The predicted octanol–water partition coefficient (Wildman–Crippen LogP) is 1.10. The number of carbonyl (C=O) groups is 1. The number of carbonyl (C=O) groups excluding carboxylic acids is 1. The van der Waals surface area contributed by atoms with Crippen molar-refractivity contribution >= 4 is 5.97 Å². The van der Waals surface area contributed by atoms with Gasteiger partial charge in [0, 0.05) is 5.75 Å². The molecule has 1 aliphatic rings. The number of aryl methyl sites for hydroxylation is 1. The van der Waals surface area contributed by atoms with Gasteiger partial charge in [-0.3, -0.25) is 4.79 Å². The van der Waals surface area contributed by atoms with Crippen molar-refractivity contribution in [2.75, 3.05) is 0 Å². The van der Waals surface area contributed by atoms with E-state index in [4.69, 9.17) is 10.5 Å². The molecule has 0 radical (unpaired) electrons.